The Morgan fingerprint density at radius 3 is 1.60 bits per heavy atom. The van der Waals surface area contributed by atoms with E-state index in [9.17, 15) is 29.1 Å². The summed E-state index contributed by atoms with van der Waals surface area (Å²) in [7, 11) is 4.08. The van der Waals surface area contributed by atoms with Crippen molar-refractivity contribution < 1.29 is 29.1 Å². The van der Waals surface area contributed by atoms with Crippen molar-refractivity contribution in [2.45, 2.75) is 221 Å². The Bertz CT molecular complexity index is 2440. The van der Waals surface area contributed by atoms with Crippen molar-refractivity contribution in [2.24, 2.45) is 11.8 Å². The van der Waals surface area contributed by atoms with Crippen LogP contribution in [0, 0.1) is 11.8 Å². The first-order valence-corrected chi connectivity index (χ1v) is 28.0. The average molecular weight is 994 g/mol. The first-order valence-electron chi connectivity index (χ1n) is 28.0. The van der Waals surface area contributed by atoms with Crippen LogP contribution in [0.5, 0.6) is 0 Å². The largest absolute Gasteiger partial charge is 0.506 e. The third-order valence-corrected chi connectivity index (χ3v) is 17.1. The third kappa shape index (κ3) is 13.8. The quantitative estimate of drug-likeness (QED) is 0.0401. The van der Waals surface area contributed by atoms with Gasteiger partial charge < -0.3 is 31.3 Å². The third-order valence-electron chi connectivity index (χ3n) is 17.1. The summed E-state index contributed by atoms with van der Waals surface area (Å²) in [6.45, 7) is 23.2. The van der Waals surface area contributed by atoms with Crippen LogP contribution in [0.2, 0.25) is 0 Å². The predicted octanol–water partition coefficient (Wildman–Crippen LogP) is 10.5. The van der Waals surface area contributed by atoms with Gasteiger partial charge in [0.15, 0.2) is 6.04 Å². The zero-order valence-electron chi connectivity index (χ0n) is 46.6. The molecule has 12 heteroatoms. The molecule has 1 aliphatic carbocycles. The van der Waals surface area contributed by atoms with Gasteiger partial charge in [-0.3, -0.25) is 24.0 Å². The fourth-order valence-corrected chi connectivity index (χ4v) is 11.0. The molecule has 0 bridgehead atoms. The Kier molecular flexibility index (Phi) is 21.1. The number of aliphatic hydroxyl groups is 1. The molecule has 5 rings (SSSR count). The van der Waals surface area contributed by atoms with E-state index in [0.29, 0.717) is 59.7 Å². The molecule has 12 nitrogen and oxygen atoms in total. The standard InChI is InChI=1S/C60H92N6O6/c1-13-17-27-41(15-3)37-61-51(67)29-23-19-21-25-31-53(69)63-47-35-49-45(59(7,8)39(5)65(49)11)33-43(47)55-57(71)56(58(55)72)44-34-46-50(66(12)40(6)60(46,9)10)36-48(44)64-54(70)32-26-22-20-24-30-52(68)62-38-42(16-4)28-18-14-2/h33-36,39-42H,13-32,37-38H2,1-12H3,(H4,61,62,63,64,67,68,69,70,71,72)/p+1. The normalized spacial score (nSPS) is 19.1. The zero-order valence-corrected chi connectivity index (χ0v) is 46.6. The van der Waals surface area contributed by atoms with Gasteiger partial charge in [0.25, 0.3) is 0 Å². The number of rotatable bonds is 29. The lowest BCUT2D eigenvalue weighted by molar-refractivity contribution is -0.122. The fourth-order valence-electron chi connectivity index (χ4n) is 11.0. The van der Waals surface area contributed by atoms with Crippen molar-refractivity contribution in [3.63, 3.8) is 0 Å². The smallest absolute Gasteiger partial charge is 0.224 e. The van der Waals surface area contributed by atoms with Gasteiger partial charge in [-0.15, -0.1) is 0 Å². The Balaban J connectivity index is 1.32. The minimum atomic E-state index is -0.349. The van der Waals surface area contributed by atoms with Crippen LogP contribution >= 0.6 is 0 Å². The van der Waals surface area contributed by atoms with Crippen LogP contribution in [0.4, 0.5) is 17.1 Å². The van der Waals surface area contributed by atoms with Gasteiger partial charge in [0.1, 0.15) is 12.8 Å². The van der Waals surface area contributed by atoms with Crippen LogP contribution in [-0.4, -0.2) is 73.8 Å². The second-order valence-electron chi connectivity index (χ2n) is 22.6. The molecule has 3 aliphatic rings. The van der Waals surface area contributed by atoms with E-state index in [1.54, 1.807) is 0 Å². The highest BCUT2D eigenvalue weighted by molar-refractivity contribution is 6.52. The van der Waals surface area contributed by atoms with E-state index in [-0.39, 0.29) is 82.1 Å². The van der Waals surface area contributed by atoms with Crippen LogP contribution in [0.1, 0.15) is 214 Å². The van der Waals surface area contributed by atoms with Gasteiger partial charge >= 0.3 is 0 Å². The monoisotopic (exact) mass is 994 g/mol. The number of hydrogen-bond acceptors (Lipinski definition) is 7. The van der Waals surface area contributed by atoms with Crippen molar-refractivity contribution in [1.29, 1.82) is 0 Å². The molecule has 5 N–H and O–H groups in total. The topological polar surface area (TPSA) is 160 Å². The summed E-state index contributed by atoms with van der Waals surface area (Å²) >= 11 is 0. The molecular weight excluding hydrogens is 901 g/mol. The Labute approximate surface area is 432 Å². The number of hydrogen-bond donors (Lipinski definition) is 5. The molecule has 398 valence electrons. The molecule has 0 fully saturated rings. The van der Waals surface area contributed by atoms with E-state index in [4.69, 9.17) is 0 Å². The van der Waals surface area contributed by atoms with Gasteiger partial charge in [0, 0.05) is 85.4 Å². The van der Waals surface area contributed by atoms with E-state index in [1.807, 2.05) is 38.4 Å². The van der Waals surface area contributed by atoms with Crippen molar-refractivity contribution in [3.8, 4) is 0 Å². The molecule has 4 amide bonds. The molecule has 2 heterocycles. The summed E-state index contributed by atoms with van der Waals surface area (Å²) in [6.07, 6.45) is 16.8. The van der Waals surface area contributed by atoms with Crippen LogP contribution in [-0.2, 0) is 34.8 Å². The van der Waals surface area contributed by atoms with E-state index < -0.39 is 0 Å². The highest BCUT2D eigenvalue weighted by Crippen LogP contribution is 2.49. The van der Waals surface area contributed by atoms with E-state index in [1.165, 1.54) is 12.8 Å². The molecule has 0 saturated heterocycles. The van der Waals surface area contributed by atoms with E-state index in [0.717, 1.165) is 112 Å². The molecule has 0 aromatic heterocycles. The summed E-state index contributed by atoms with van der Waals surface area (Å²) in [4.78, 5) is 69.4. The lowest BCUT2D eigenvalue weighted by Crippen LogP contribution is -2.36. The maximum Gasteiger partial charge on any atom is 0.224 e. The number of carbonyl (C=O) groups excluding carboxylic acids is 5. The number of nitrogens with zero attached hydrogens (tertiary/aromatic N) is 2. The van der Waals surface area contributed by atoms with Gasteiger partial charge in [-0.2, -0.15) is 0 Å². The van der Waals surface area contributed by atoms with E-state index in [2.05, 4.69) is 100.0 Å². The number of benzene rings is 2. The predicted molar refractivity (Wildman–Crippen MR) is 296 cm³/mol. The minimum absolute atomic E-state index is 0.0932. The highest BCUT2D eigenvalue weighted by Gasteiger charge is 2.46. The number of amides is 4. The maximum atomic E-state index is 14.8. The summed E-state index contributed by atoms with van der Waals surface area (Å²) < 4.78 is 2.20. The molecule has 0 spiro atoms. The summed E-state index contributed by atoms with van der Waals surface area (Å²) in [5.74, 6) is 0.371. The second-order valence-corrected chi connectivity index (χ2v) is 22.6. The number of carbonyl (C=O) groups is 5. The number of likely N-dealkylation sites (N-methyl/N-ethyl adjacent to an activating group) is 2. The van der Waals surface area contributed by atoms with Gasteiger partial charge in [-0.1, -0.05) is 106 Å². The summed E-state index contributed by atoms with van der Waals surface area (Å²) in [6, 6.07) is 8.09. The first-order chi connectivity index (χ1) is 34.2. The lowest BCUT2D eigenvalue weighted by atomic mass is 9.76. The lowest BCUT2D eigenvalue weighted by Gasteiger charge is -2.28. The van der Waals surface area contributed by atoms with Crippen LogP contribution in [0.25, 0.3) is 11.1 Å². The molecule has 4 unspecified atom stereocenters. The number of unbranched alkanes of at least 4 members (excludes halogenated alkanes) is 8. The molecular formula is C60H93N6O6+. The fraction of sp³-hybridized carbons (Fsp3) is 0.667. The summed E-state index contributed by atoms with van der Waals surface area (Å²) in [5.41, 5.74) is 4.15. The van der Waals surface area contributed by atoms with Crippen molar-refractivity contribution >= 4 is 57.6 Å². The maximum absolute atomic E-state index is 14.8. The minimum Gasteiger partial charge on any atom is -0.506 e. The van der Waals surface area contributed by atoms with Gasteiger partial charge in [0.2, 0.25) is 34.8 Å². The molecule has 2 aliphatic heterocycles. The number of allylic oxidation sites excluding steroid dienone is 2. The Morgan fingerprint density at radius 2 is 1.12 bits per heavy atom. The van der Waals surface area contributed by atoms with E-state index >= 15 is 0 Å². The van der Waals surface area contributed by atoms with Gasteiger partial charge in [-0.25, -0.2) is 4.58 Å². The number of anilines is 3. The summed E-state index contributed by atoms with van der Waals surface area (Å²) in [5, 5.41) is 26.1. The molecule has 4 atom stereocenters. The second kappa shape index (κ2) is 26.3. The molecule has 0 saturated carbocycles. The van der Waals surface area contributed by atoms with Crippen molar-refractivity contribution in [1.82, 2.24) is 15.2 Å². The van der Waals surface area contributed by atoms with Gasteiger partial charge in [-0.05, 0) is 102 Å². The highest BCUT2D eigenvalue weighted by atomic mass is 16.3. The Morgan fingerprint density at radius 1 is 0.639 bits per heavy atom. The SMILES string of the molecule is CCCCC(CC)CNC(=O)CCCCCCC(=O)Nc1cc2c(cc1C1=C(O)/C(=c3/cc4c(cc3NC(=O)CCCCCCC(=O)NCC(CC)CCCC)=[N+](C)C(C)C4(C)C)C1=O)C(C)(C)C(C)N2C. The van der Waals surface area contributed by atoms with Crippen LogP contribution < -0.4 is 41.3 Å². The molecule has 2 aromatic rings. The number of fused-ring (bicyclic) bond motifs is 2. The van der Waals surface area contributed by atoms with Crippen molar-refractivity contribution in [2.75, 3.05) is 42.7 Å². The van der Waals surface area contributed by atoms with Gasteiger partial charge in [0.05, 0.1) is 27.9 Å². The molecule has 72 heavy (non-hydrogen) atoms. The molecule has 2 aromatic carbocycles. The zero-order chi connectivity index (χ0) is 52.9. The number of aliphatic hydroxyl groups excluding tert-OH is 1. The number of Topliss-reactive ketones (excluding diaryl/α,β-unsaturated/α-hetero) is 1. The average Bonchev–Trinajstić information content (AvgIpc) is 3.62. The first kappa shape index (κ1) is 57.9. The van der Waals surface area contributed by atoms with Crippen molar-refractivity contribution in [3.05, 3.63) is 57.3 Å². The Hall–Kier alpha value is -5.00. The van der Waals surface area contributed by atoms with Crippen LogP contribution in [0.15, 0.2) is 30.0 Å². The molecule has 0 radical (unpaired) electrons. The number of ketones is 1. The van der Waals surface area contributed by atoms with Crippen LogP contribution in [0.3, 0.4) is 0 Å². The number of nitrogens with one attached hydrogen (secondary N) is 4.